The maximum absolute atomic E-state index is 5.91. The molecule has 138 valence electrons. The monoisotopic (exact) mass is 398 g/mol. The summed E-state index contributed by atoms with van der Waals surface area (Å²) in [6.45, 7) is 1.89. The van der Waals surface area contributed by atoms with E-state index in [0.717, 1.165) is 39.2 Å². The molecule has 27 heavy (non-hydrogen) atoms. The van der Waals surface area contributed by atoms with Gasteiger partial charge in [-0.3, -0.25) is 0 Å². The summed E-state index contributed by atoms with van der Waals surface area (Å²) in [7, 11) is 1.65. The molecule has 3 rings (SSSR count). The van der Waals surface area contributed by atoms with Crippen LogP contribution in [0.4, 0.5) is 5.69 Å². The first-order chi connectivity index (χ1) is 13.1. The third-order valence-electron chi connectivity index (χ3n) is 3.73. The first-order valence-electron chi connectivity index (χ1n) is 8.30. The van der Waals surface area contributed by atoms with Crippen LogP contribution in [-0.4, -0.2) is 22.3 Å². The van der Waals surface area contributed by atoms with Crippen molar-refractivity contribution in [2.24, 2.45) is 0 Å². The molecule has 0 unspecified atom stereocenters. The molecule has 0 bridgehead atoms. The van der Waals surface area contributed by atoms with Gasteiger partial charge < -0.3 is 10.1 Å². The standard InChI is InChI=1S/C20H19ClN4OS/c1-14-19(11-12-22-17-7-9-18(26-2)10-8-17)23-20(25-24-14)27-13-15-3-5-16(21)6-4-15/h3-12,22H,13H2,1-2H3. The number of ether oxygens (including phenoxy) is 1. The van der Waals surface area contributed by atoms with E-state index in [1.807, 2.05) is 67.7 Å². The third-order valence-corrected chi connectivity index (χ3v) is 4.90. The molecule has 0 aliphatic rings. The van der Waals surface area contributed by atoms with Crippen molar-refractivity contribution in [3.63, 3.8) is 0 Å². The van der Waals surface area contributed by atoms with Crippen molar-refractivity contribution >= 4 is 35.1 Å². The third kappa shape index (κ3) is 5.70. The van der Waals surface area contributed by atoms with Gasteiger partial charge >= 0.3 is 0 Å². The molecule has 3 aromatic rings. The van der Waals surface area contributed by atoms with E-state index in [9.17, 15) is 0 Å². The van der Waals surface area contributed by atoms with Crippen LogP contribution in [0.2, 0.25) is 5.02 Å². The number of rotatable bonds is 7. The maximum Gasteiger partial charge on any atom is 0.209 e. The van der Waals surface area contributed by atoms with Gasteiger partial charge in [-0.25, -0.2) is 4.98 Å². The normalized spacial score (nSPS) is 10.9. The number of nitrogens with one attached hydrogen (secondary N) is 1. The second-order valence-corrected chi connectivity index (χ2v) is 7.07. The Morgan fingerprint density at radius 3 is 2.52 bits per heavy atom. The fourth-order valence-electron chi connectivity index (χ4n) is 2.23. The van der Waals surface area contributed by atoms with Gasteiger partial charge in [0.05, 0.1) is 18.5 Å². The van der Waals surface area contributed by atoms with Crippen LogP contribution in [0.25, 0.3) is 6.08 Å². The SMILES string of the molecule is COc1ccc(NC=Cc2nc(SCc3ccc(Cl)cc3)nnc2C)cc1. The number of hydrogen-bond acceptors (Lipinski definition) is 6. The van der Waals surface area contributed by atoms with Crippen LogP contribution in [0.1, 0.15) is 17.0 Å². The minimum atomic E-state index is 0.639. The second-order valence-electron chi connectivity index (χ2n) is 5.69. The van der Waals surface area contributed by atoms with Gasteiger partial charge in [0.2, 0.25) is 5.16 Å². The Morgan fingerprint density at radius 1 is 1.07 bits per heavy atom. The molecule has 0 saturated carbocycles. The highest BCUT2D eigenvalue weighted by Gasteiger charge is 2.05. The number of benzene rings is 2. The van der Waals surface area contributed by atoms with E-state index in [4.69, 9.17) is 16.3 Å². The molecule has 0 amide bonds. The number of aromatic nitrogens is 3. The molecule has 5 nitrogen and oxygen atoms in total. The molecule has 0 atom stereocenters. The van der Waals surface area contributed by atoms with Gasteiger partial charge in [0.1, 0.15) is 5.75 Å². The summed E-state index contributed by atoms with van der Waals surface area (Å²) in [5.41, 5.74) is 3.68. The Labute approximate surface area is 167 Å². The van der Waals surface area contributed by atoms with Crippen molar-refractivity contribution < 1.29 is 4.74 Å². The lowest BCUT2D eigenvalue weighted by molar-refractivity contribution is 0.415. The molecule has 1 heterocycles. The number of nitrogens with zero attached hydrogens (tertiary/aromatic N) is 3. The topological polar surface area (TPSA) is 59.9 Å². The number of halogens is 1. The number of methoxy groups -OCH3 is 1. The molecule has 0 aliphatic carbocycles. The molecule has 0 radical (unpaired) electrons. The molecule has 7 heteroatoms. The summed E-state index contributed by atoms with van der Waals surface area (Å²) in [5, 5.41) is 12.9. The molecule has 1 N–H and O–H groups in total. The van der Waals surface area contributed by atoms with Crippen molar-refractivity contribution in [2.45, 2.75) is 17.8 Å². The molecular weight excluding hydrogens is 380 g/mol. The van der Waals surface area contributed by atoms with E-state index in [-0.39, 0.29) is 0 Å². The zero-order valence-electron chi connectivity index (χ0n) is 15.0. The van der Waals surface area contributed by atoms with Gasteiger partial charge in [-0.05, 0) is 55.0 Å². The highest BCUT2D eigenvalue weighted by atomic mass is 35.5. The summed E-state index contributed by atoms with van der Waals surface area (Å²) in [5.74, 6) is 1.58. The molecule has 0 aliphatic heterocycles. The predicted molar refractivity (Wildman–Crippen MR) is 111 cm³/mol. The highest BCUT2D eigenvalue weighted by molar-refractivity contribution is 7.98. The molecular formula is C20H19ClN4OS. The van der Waals surface area contributed by atoms with Crippen molar-refractivity contribution in [3.8, 4) is 5.75 Å². The van der Waals surface area contributed by atoms with E-state index in [1.165, 1.54) is 0 Å². The van der Waals surface area contributed by atoms with Crippen LogP contribution in [0, 0.1) is 6.92 Å². The summed E-state index contributed by atoms with van der Waals surface area (Å²) >= 11 is 7.45. The predicted octanol–water partition coefficient (Wildman–Crippen LogP) is 5.22. The molecule has 0 fully saturated rings. The lowest BCUT2D eigenvalue weighted by Crippen LogP contribution is -1.99. The van der Waals surface area contributed by atoms with E-state index in [1.54, 1.807) is 18.9 Å². The summed E-state index contributed by atoms with van der Waals surface area (Å²) < 4.78 is 5.15. The van der Waals surface area contributed by atoms with Crippen molar-refractivity contribution in [2.75, 3.05) is 12.4 Å². The van der Waals surface area contributed by atoms with Gasteiger partial charge in [-0.2, -0.15) is 5.10 Å². The van der Waals surface area contributed by atoms with Crippen LogP contribution in [-0.2, 0) is 5.75 Å². The highest BCUT2D eigenvalue weighted by Crippen LogP contribution is 2.21. The van der Waals surface area contributed by atoms with Crippen LogP contribution in [0.3, 0.4) is 0 Å². The Morgan fingerprint density at radius 2 is 1.81 bits per heavy atom. The second kappa shape index (κ2) is 9.39. The van der Waals surface area contributed by atoms with E-state index >= 15 is 0 Å². The van der Waals surface area contributed by atoms with E-state index < -0.39 is 0 Å². The van der Waals surface area contributed by atoms with Crippen LogP contribution >= 0.6 is 23.4 Å². The first-order valence-corrected chi connectivity index (χ1v) is 9.66. The van der Waals surface area contributed by atoms with Gasteiger partial charge in [-0.1, -0.05) is 35.5 Å². The minimum Gasteiger partial charge on any atom is -0.497 e. The van der Waals surface area contributed by atoms with Crippen LogP contribution < -0.4 is 10.1 Å². The lowest BCUT2D eigenvalue weighted by atomic mass is 10.2. The van der Waals surface area contributed by atoms with Crippen LogP contribution in [0.5, 0.6) is 5.75 Å². The smallest absolute Gasteiger partial charge is 0.209 e. The summed E-state index contributed by atoms with van der Waals surface area (Å²) in [6.07, 6.45) is 3.73. The zero-order valence-corrected chi connectivity index (χ0v) is 16.6. The van der Waals surface area contributed by atoms with E-state index in [0.29, 0.717) is 5.16 Å². The molecule has 0 saturated heterocycles. The van der Waals surface area contributed by atoms with Gasteiger partial charge in [0.15, 0.2) is 0 Å². The quantitative estimate of drug-likeness (QED) is 0.551. The Kier molecular flexibility index (Phi) is 6.68. The fourth-order valence-corrected chi connectivity index (χ4v) is 3.10. The molecule has 1 aromatic heterocycles. The summed E-state index contributed by atoms with van der Waals surface area (Å²) in [6, 6.07) is 15.4. The number of thioether (sulfide) groups is 1. The number of anilines is 1. The van der Waals surface area contributed by atoms with Crippen molar-refractivity contribution in [1.29, 1.82) is 0 Å². The molecule has 0 spiro atoms. The largest absolute Gasteiger partial charge is 0.497 e. The maximum atomic E-state index is 5.91. The minimum absolute atomic E-state index is 0.639. The lowest BCUT2D eigenvalue weighted by Gasteiger charge is -2.04. The van der Waals surface area contributed by atoms with Gasteiger partial charge in [0, 0.05) is 22.7 Å². The van der Waals surface area contributed by atoms with Crippen LogP contribution in [0.15, 0.2) is 59.9 Å². The Balaban J connectivity index is 1.62. The molecule has 2 aromatic carbocycles. The van der Waals surface area contributed by atoms with Gasteiger partial charge in [-0.15, -0.1) is 5.10 Å². The fraction of sp³-hybridized carbons (Fsp3) is 0.150. The number of aryl methyl sites for hydroxylation is 1. The Hall–Kier alpha value is -2.57. The van der Waals surface area contributed by atoms with E-state index in [2.05, 4.69) is 20.5 Å². The number of hydrogen-bond donors (Lipinski definition) is 1. The van der Waals surface area contributed by atoms with Gasteiger partial charge in [0.25, 0.3) is 0 Å². The van der Waals surface area contributed by atoms with Crippen molar-refractivity contribution in [1.82, 2.24) is 15.2 Å². The summed E-state index contributed by atoms with van der Waals surface area (Å²) in [4.78, 5) is 4.58. The average Bonchev–Trinajstić information content (AvgIpc) is 2.70. The Bertz CT molecular complexity index is 914. The van der Waals surface area contributed by atoms with Crippen molar-refractivity contribution in [3.05, 3.63) is 76.7 Å². The zero-order chi connectivity index (χ0) is 19.1. The average molecular weight is 399 g/mol. The first kappa shape index (κ1) is 19.2.